The van der Waals surface area contributed by atoms with Crippen molar-refractivity contribution in [1.29, 1.82) is 0 Å². The number of nitrogens with zero attached hydrogens (tertiary/aromatic N) is 1. The van der Waals surface area contributed by atoms with Gasteiger partial charge in [0, 0.05) is 11.6 Å². The average molecular weight is 187 g/mol. The fourth-order valence-corrected chi connectivity index (χ4v) is 1.50. The molecule has 0 amide bonds. The third-order valence-corrected chi connectivity index (χ3v) is 2.14. The number of rotatable bonds is 1. The highest BCUT2D eigenvalue weighted by molar-refractivity contribution is 5.94. The lowest BCUT2D eigenvalue weighted by molar-refractivity contribution is 0.0697. The van der Waals surface area contributed by atoms with E-state index in [1.54, 1.807) is 24.4 Å². The Morgan fingerprint density at radius 3 is 2.93 bits per heavy atom. The first kappa shape index (κ1) is 8.69. The first-order valence-electron chi connectivity index (χ1n) is 4.27. The van der Waals surface area contributed by atoms with Crippen LogP contribution in [-0.4, -0.2) is 16.1 Å². The smallest absolute Gasteiger partial charge is 0.335 e. The molecule has 0 spiro atoms. The molecule has 0 radical (unpaired) electrons. The number of carbonyl (C=O) groups is 1. The van der Waals surface area contributed by atoms with Gasteiger partial charge in [0.25, 0.3) is 0 Å². The van der Waals surface area contributed by atoms with Gasteiger partial charge in [-0.15, -0.1) is 0 Å². The van der Waals surface area contributed by atoms with Crippen molar-refractivity contribution in [2.24, 2.45) is 0 Å². The summed E-state index contributed by atoms with van der Waals surface area (Å²) in [6.07, 6.45) is 1.70. The third kappa shape index (κ3) is 1.33. The zero-order valence-corrected chi connectivity index (χ0v) is 7.69. The third-order valence-electron chi connectivity index (χ3n) is 2.14. The molecule has 1 aromatic carbocycles. The van der Waals surface area contributed by atoms with Crippen LogP contribution in [-0.2, 0) is 0 Å². The van der Waals surface area contributed by atoms with Crippen molar-refractivity contribution >= 4 is 16.9 Å². The Morgan fingerprint density at radius 1 is 1.43 bits per heavy atom. The lowest BCUT2D eigenvalue weighted by Gasteiger charge is -2.02. The van der Waals surface area contributed by atoms with Gasteiger partial charge in [0.1, 0.15) is 0 Å². The molecule has 0 saturated carbocycles. The van der Waals surface area contributed by atoms with E-state index < -0.39 is 5.97 Å². The van der Waals surface area contributed by atoms with Gasteiger partial charge in [0.05, 0.1) is 11.1 Å². The quantitative estimate of drug-likeness (QED) is 0.744. The molecule has 2 rings (SSSR count). The predicted octanol–water partition coefficient (Wildman–Crippen LogP) is 2.24. The van der Waals surface area contributed by atoms with Crippen LogP contribution in [0.3, 0.4) is 0 Å². The molecule has 1 N–H and O–H groups in total. The van der Waals surface area contributed by atoms with E-state index in [2.05, 4.69) is 4.98 Å². The van der Waals surface area contributed by atoms with Crippen molar-refractivity contribution in [3.63, 3.8) is 0 Å². The number of hydrogen-bond acceptors (Lipinski definition) is 2. The minimum absolute atomic E-state index is 0.308. The maximum absolute atomic E-state index is 10.8. The topological polar surface area (TPSA) is 50.2 Å². The standard InChI is InChI=1S/C11H9NO2/c1-7-5-9(11(13)14)6-8-3-2-4-12-10(7)8/h2-6H,1H3,(H,13,14). The normalized spacial score (nSPS) is 10.4. The summed E-state index contributed by atoms with van der Waals surface area (Å²) >= 11 is 0. The Kier molecular flexibility index (Phi) is 1.93. The van der Waals surface area contributed by atoms with Crippen molar-refractivity contribution in [1.82, 2.24) is 4.98 Å². The molecule has 0 saturated heterocycles. The van der Waals surface area contributed by atoms with Gasteiger partial charge in [-0.1, -0.05) is 6.07 Å². The summed E-state index contributed by atoms with van der Waals surface area (Å²) in [5, 5.41) is 9.71. The number of pyridine rings is 1. The van der Waals surface area contributed by atoms with E-state index in [9.17, 15) is 4.79 Å². The van der Waals surface area contributed by atoms with Gasteiger partial charge in [-0.3, -0.25) is 4.98 Å². The fourth-order valence-electron chi connectivity index (χ4n) is 1.50. The molecule has 0 fully saturated rings. The highest BCUT2D eigenvalue weighted by Gasteiger charge is 2.06. The SMILES string of the molecule is Cc1cc(C(=O)O)cc2cccnc12. The summed E-state index contributed by atoms with van der Waals surface area (Å²) in [5.41, 5.74) is 2.06. The van der Waals surface area contributed by atoms with Gasteiger partial charge in [0.15, 0.2) is 0 Å². The molecule has 1 heterocycles. The van der Waals surface area contributed by atoms with Crippen LogP contribution in [0.5, 0.6) is 0 Å². The van der Waals surface area contributed by atoms with E-state index in [1.165, 1.54) is 0 Å². The molecule has 0 aliphatic heterocycles. The van der Waals surface area contributed by atoms with Crippen LogP contribution in [0.2, 0.25) is 0 Å². The maximum atomic E-state index is 10.8. The number of carboxylic acids is 1. The number of benzene rings is 1. The first-order chi connectivity index (χ1) is 6.68. The highest BCUT2D eigenvalue weighted by Crippen LogP contribution is 2.17. The fraction of sp³-hybridized carbons (Fsp3) is 0.0909. The van der Waals surface area contributed by atoms with Gasteiger partial charge in [-0.25, -0.2) is 4.79 Å². The Balaban J connectivity index is 2.78. The van der Waals surface area contributed by atoms with E-state index in [0.29, 0.717) is 5.56 Å². The molecule has 0 unspecified atom stereocenters. The maximum Gasteiger partial charge on any atom is 0.335 e. The largest absolute Gasteiger partial charge is 0.478 e. The summed E-state index contributed by atoms with van der Waals surface area (Å²) < 4.78 is 0. The van der Waals surface area contributed by atoms with Gasteiger partial charge in [-0.05, 0) is 30.7 Å². The Labute approximate surface area is 81.0 Å². The summed E-state index contributed by atoms with van der Waals surface area (Å²) in [4.78, 5) is 15.0. The van der Waals surface area contributed by atoms with Gasteiger partial charge in [-0.2, -0.15) is 0 Å². The molecule has 0 aliphatic rings. The van der Waals surface area contributed by atoms with Gasteiger partial charge < -0.3 is 5.11 Å². The van der Waals surface area contributed by atoms with Crippen LogP contribution in [0, 0.1) is 6.92 Å². The van der Waals surface area contributed by atoms with E-state index >= 15 is 0 Å². The average Bonchev–Trinajstić information content (AvgIpc) is 2.17. The number of fused-ring (bicyclic) bond motifs is 1. The Morgan fingerprint density at radius 2 is 2.21 bits per heavy atom. The number of aromatic carboxylic acids is 1. The number of carboxylic acid groups (broad SMARTS) is 1. The Hall–Kier alpha value is -1.90. The van der Waals surface area contributed by atoms with Gasteiger partial charge in [0.2, 0.25) is 0 Å². The van der Waals surface area contributed by atoms with Crippen molar-refractivity contribution in [3.05, 3.63) is 41.6 Å². The lowest BCUT2D eigenvalue weighted by atomic mass is 10.1. The monoisotopic (exact) mass is 187 g/mol. The van der Waals surface area contributed by atoms with Crippen LogP contribution < -0.4 is 0 Å². The zero-order valence-electron chi connectivity index (χ0n) is 7.69. The zero-order chi connectivity index (χ0) is 10.1. The van der Waals surface area contributed by atoms with E-state index in [-0.39, 0.29) is 0 Å². The molecule has 3 heteroatoms. The molecular weight excluding hydrogens is 178 g/mol. The van der Waals surface area contributed by atoms with Crippen molar-refractivity contribution < 1.29 is 9.90 Å². The molecule has 2 aromatic rings. The Bertz CT molecular complexity index is 506. The lowest BCUT2D eigenvalue weighted by Crippen LogP contribution is -1.97. The minimum Gasteiger partial charge on any atom is -0.478 e. The van der Waals surface area contributed by atoms with E-state index in [4.69, 9.17) is 5.11 Å². The first-order valence-corrected chi connectivity index (χ1v) is 4.27. The van der Waals surface area contributed by atoms with Crippen molar-refractivity contribution in [2.45, 2.75) is 6.92 Å². The summed E-state index contributed by atoms with van der Waals surface area (Å²) in [7, 11) is 0. The van der Waals surface area contributed by atoms with Gasteiger partial charge >= 0.3 is 5.97 Å². The highest BCUT2D eigenvalue weighted by atomic mass is 16.4. The van der Waals surface area contributed by atoms with Crippen molar-refractivity contribution in [2.75, 3.05) is 0 Å². The second-order valence-electron chi connectivity index (χ2n) is 3.17. The minimum atomic E-state index is -0.904. The molecule has 14 heavy (non-hydrogen) atoms. The van der Waals surface area contributed by atoms with E-state index in [0.717, 1.165) is 16.5 Å². The second-order valence-corrected chi connectivity index (χ2v) is 3.17. The number of hydrogen-bond donors (Lipinski definition) is 1. The van der Waals surface area contributed by atoms with Crippen LogP contribution in [0.25, 0.3) is 10.9 Å². The summed E-state index contributed by atoms with van der Waals surface area (Å²) in [6, 6.07) is 6.94. The molecule has 1 aromatic heterocycles. The molecular formula is C11H9NO2. The summed E-state index contributed by atoms with van der Waals surface area (Å²) in [6.45, 7) is 1.86. The van der Waals surface area contributed by atoms with Crippen LogP contribution in [0.4, 0.5) is 0 Å². The molecule has 0 atom stereocenters. The summed E-state index contributed by atoms with van der Waals surface area (Å²) in [5.74, 6) is -0.904. The van der Waals surface area contributed by atoms with E-state index in [1.807, 2.05) is 13.0 Å². The van der Waals surface area contributed by atoms with Crippen LogP contribution in [0.15, 0.2) is 30.5 Å². The molecule has 0 bridgehead atoms. The second kappa shape index (κ2) is 3.10. The predicted molar refractivity (Wildman–Crippen MR) is 53.4 cm³/mol. The van der Waals surface area contributed by atoms with Crippen LogP contribution >= 0.6 is 0 Å². The molecule has 70 valence electrons. The number of aromatic nitrogens is 1. The molecule has 0 aliphatic carbocycles. The number of aryl methyl sites for hydroxylation is 1. The molecule has 3 nitrogen and oxygen atoms in total. The van der Waals surface area contributed by atoms with Crippen LogP contribution in [0.1, 0.15) is 15.9 Å². The van der Waals surface area contributed by atoms with Crippen molar-refractivity contribution in [3.8, 4) is 0 Å².